The van der Waals surface area contributed by atoms with Crippen LogP contribution in [0.5, 0.6) is 5.75 Å². The SMILES string of the molecule is NC(=S)N/N=C/c1c(O)ccc2oc3c(c12)CCCC3. The number of hydrogen-bond donors (Lipinski definition) is 3. The van der Waals surface area contributed by atoms with Crippen molar-refractivity contribution in [1.29, 1.82) is 0 Å². The number of hydrogen-bond acceptors (Lipinski definition) is 4. The van der Waals surface area contributed by atoms with Crippen LogP contribution in [0.1, 0.15) is 29.7 Å². The minimum absolute atomic E-state index is 0.0853. The fourth-order valence-electron chi connectivity index (χ4n) is 2.66. The van der Waals surface area contributed by atoms with Gasteiger partial charge in [-0.1, -0.05) is 0 Å². The Kier molecular flexibility index (Phi) is 3.31. The van der Waals surface area contributed by atoms with E-state index in [2.05, 4.69) is 10.5 Å². The molecule has 0 bridgehead atoms. The van der Waals surface area contributed by atoms with Crippen LogP contribution in [0.15, 0.2) is 21.7 Å². The number of benzene rings is 1. The molecule has 2 aromatic rings. The van der Waals surface area contributed by atoms with Crippen molar-refractivity contribution in [1.82, 2.24) is 5.43 Å². The Hall–Kier alpha value is -2.08. The molecule has 0 unspecified atom stereocenters. The third kappa shape index (κ3) is 2.22. The molecule has 0 spiro atoms. The van der Waals surface area contributed by atoms with Gasteiger partial charge in [-0.2, -0.15) is 5.10 Å². The molecule has 0 atom stereocenters. The number of aryl methyl sites for hydroxylation is 2. The van der Waals surface area contributed by atoms with Gasteiger partial charge in [-0.15, -0.1) is 0 Å². The first-order valence-electron chi connectivity index (χ1n) is 6.51. The zero-order chi connectivity index (χ0) is 14.1. The molecule has 0 fully saturated rings. The Bertz CT molecular complexity index is 706. The predicted octanol–water partition coefficient (Wildman–Crippen LogP) is 2.18. The highest BCUT2D eigenvalue weighted by Crippen LogP contribution is 2.36. The molecule has 0 saturated heterocycles. The lowest BCUT2D eigenvalue weighted by Gasteiger charge is -2.09. The highest BCUT2D eigenvalue weighted by atomic mass is 32.1. The number of fused-ring (bicyclic) bond motifs is 3. The summed E-state index contributed by atoms with van der Waals surface area (Å²) in [5.74, 6) is 1.19. The van der Waals surface area contributed by atoms with Crippen LogP contribution in [0.4, 0.5) is 0 Å². The van der Waals surface area contributed by atoms with Crippen LogP contribution >= 0.6 is 12.2 Å². The summed E-state index contributed by atoms with van der Waals surface area (Å²) in [5, 5.41) is 15.0. The monoisotopic (exact) mass is 289 g/mol. The zero-order valence-corrected chi connectivity index (χ0v) is 11.7. The molecular weight excluding hydrogens is 274 g/mol. The topological polar surface area (TPSA) is 83.8 Å². The van der Waals surface area contributed by atoms with Crippen molar-refractivity contribution in [3.05, 3.63) is 29.0 Å². The van der Waals surface area contributed by atoms with Gasteiger partial charge in [0.25, 0.3) is 0 Å². The molecule has 5 nitrogen and oxygen atoms in total. The molecule has 1 heterocycles. The Balaban J connectivity index is 2.13. The summed E-state index contributed by atoms with van der Waals surface area (Å²) in [6.07, 6.45) is 5.73. The number of aromatic hydroxyl groups is 1. The minimum atomic E-state index is 0.0853. The molecule has 3 rings (SSSR count). The third-order valence-corrected chi connectivity index (χ3v) is 3.60. The Morgan fingerprint density at radius 3 is 3.00 bits per heavy atom. The zero-order valence-electron chi connectivity index (χ0n) is 10.8. The van der Waals surface area contributed by atoms with E-state index in [9.17, 15) is 5.11 Å². The summed E-state index contributed by atoms with van der Waals surface area (Å²) in [7, 11) is 0. The Labute approximate surface area is 121 Å². The number of furan rings is 1. The fraction of sp³-hybridized carbons (Fsp3) is 0.286. The predicted molar refractivity (Wildman–Crippen MR) is 82.0 cm³/mol. The van der Waals surface area contributed by atoms with E-state index >= 15 is 0 Å². The number of nitrogens with two attached hydrogens (primary N) is 1. The van der Waals surface area contributed by atoms with Gasteiger partial charge in [0.15, 0.2) is 5.11 Å². The molecule has 20 heavy (non-hydrogen) atoms. The van der Waals surface area contributed by atoms with Crippen LogP contribution < -0.4 is 11.2 Å². The van der Waals surface area contributed by atoms with Crippen LogP contribution in [0.25, 0.3) is 11.0 Å². The first-order valence-corrected chi connectivity index (χ1v) is 6.92. The summed E-state index contributed by atoms with van der Waals surface area (Å²) in [5.41, 5.74) is 10.4. The van der Waals surface area contributed by atoms with E-state index in [0.717, 1.165) is 42.4 Å². The van der Waals surface area contributed by atoms with Gasteiger partial charge in [0.2, 0.25) is 0 Å². The molecule has 6 heteroatoms. The summed E-state index contributed by atoms with van der Waals surface area (Å²) >= 11 is 4.69. The van der Waals surface area contributed by atoms with E-state index in [-0.39, 0.29) is 10.9 Å². The van der Waals surface area contributed by atoms with Gasteiger partial charge < -0.3 is 15.3 Å². The number of nitrogens with one attached hydrogen (secondary N) is 1. The van der Waals surface area contributed by atoms with E-state index in [1.54, 1.807) is 12.1 Å². The molecule has 0 saturated carbocycles. The van der Waals surface area contributed by atoms with Gasteiger partial charge in [-0.05, 0) is 43.6 Å². The number of nitrogens with zero attached hydrogens (tertiary/aromatic N) is 1. The van der Waals surface area contributed by atoms with Crippen molar-refractivity contribution < 1.29 is 9.52 Å². The lowest BCUT2D eigenvalue weighted by Crippen LogP contribution is -2.24. The van der Waals surface area contributed by atoms with Gasteiger partial charge in [-0.25, -0.2) is 0 Å². The highest BCUT2D eigenvalue weighted by molar-refractivity contribution is 7.80. The standard InChI is InChI=1S/C14H15N3O2S/c15-14(20)17-16-7-9-10(18)5-6-12-13(9)8-3-1-2-4-11(8)19-12/h5-7,18H,1-4H2,(H3,15,17,20)/b16-7+. The number of phenolic OH excluding ortho intramolecular Hbond substituents is 1. The van der Waals surface area contributed by atoms with Gasteiger partial charge in [0, 0.05) is 22.9 Å². The van der Waals surface area contributed by atoms with Gasteiger partial charge in [0.05, 0.1) is 6.21 Å². The number of phenols is 1. The molecule has 1 aliphatic carbocycles. The smallest absolute Gasteiger partial charge is 0.184 e. The van der Waals surface area contributed by atoms with Crippen molar-refractivity contribution in [2.24, 2.45) is 10.8 Å². The van der Waals surface area contributed by atoms with E-state index in [1.807, 2.05) is 0 Å². The van der Waals surface area contributed by atoms with Gasteiger partial charge in [0.1, 0.15) is 17.1 Å². The number of thiocarbonyl (C=S) groups is 1. The summed E-state index contributed by atoms with van der Waals surface area (Å²) in [6, 6.07) is 3.40. The molecule has 1 aliphatic rings. The molecule has 0 radical (unpaired) electrons. The van der Waals surface area contributed by atoms with E-state index in [4.69, 9.17) is 22.4 Å². The second kappa shape index (κ2) is 5.13. The Morgan fingerprint density at radius 1 is 1.40 bits per heavy atom. The first kappa shape index (κ1) is 12.9. The number of rotatable bonds is 2. The fourth-order valence-corrected chi connectivity index (χ4v) is 2.72. The maximum absolute atomic E-state index is 10.1. The highest BCUT2D eigenvalue weighted by Gasteiger charge is 2.21. The van der Waals surface area contributed by atoms with Crippen molar-refractivity contribution >= 4 is 34.5 Å². The second-order valence-electron chi connectivity index (χ2n) is 4.82. The first-order chi connectivity index (χ1) is 9.66. The molecule has 0 amide bonds. The van der Waals surface area contributed by atoms with Crippen molar-refractivity contribution in [2.45, 2.75) is 25.7 Å². The van der Waals surface area contributed by atoms with E-state index in [0.29, 0.717) is 5.56 Å². The maximum atomic E-state index is 10.1. The third-order valence-electron chi connectivity index (χ3n) is 3.50. The van der Waals surface area contributed by atoms with Gasteiger partial charge >= 0.3 is 0 Å². The average Bonchev–Trinajstić information content (AvgIpc) is 2.79. The van der Waals surface area contributed by atoms with E-state index in [1.165, 1.54) is 11.8 Å². The van der Waals surface area contributed by atoms with Crippen LogP contribution in [-0.4, -0.2) is 16.4 Å². The maximum Gasteiger partial charge on any atom is 0.184 e. The normalized spacial score (nSPS) is 14.6. The van der Waals surface area contributed by atoms with Crippen molar-refractivity contribution in [3.63, 3.8) is 0 Å². The van der Waals surface area contributed by atoms with Crippen LogP contribution in [0, 0.1) is 0 Å². The molecule has 1 aromatic carbocycles. The number of hydrazone groups is 1. The Morgan fingerprint density at radius 2 is 2.20 bits per heavy atom. The molecule has 0 aliphatic heterocycles. The molecule has 4 N–H and O–H groups in total. The van der Waals surface area contributed by atoms with Crippen LogP contribution in [0.2, 0.25) is 0 Å². The van der Waals surface area contributed by atoms with Crippen molar-refractivity contribution in [3.8, 4) is 5.75 Å². The lowest BCUT2D eigenvalue weighted by atomic mass is 9.94. The average molecular weight is 289 g/mol. The lowest BCUT2D eigenvalue weighted by molar-refractivity contribution is 0.474. The second-order valence-corrected chi connectivity index (χ2v) is 5.26. The van der Waals surface area contributed by atoms with Crippen LogP contribution in [-0.2, 0) is 12.8 Å². The minimum Gasteiger partial charge on any atom is -0.507 e. The van der Waals surface area contributed by atoms with E-state index < -0.39 is 0 Å². The summed E-state index contributed by atoms with van der Waals surface area (Å²) < 4.78 is 5.87. The summed E-state index contributed by atoms with van der Waals surface area (Å²) in [4.78, 5) is 0. The van der Waals surface area contributed by atoms with Crippen LogP contribution in [0.3, 0.4) is 0 Å². The molecular formula is C14H15N3O2S. The largest absolute Gasteiger partial charge is 0.507 e. The van der Waals surface area contributed by atoms with Gasteiger partial charge in [-0.3, -0.25) is 5.43 Å². The van der Waals surface area contributed by atoms with Crippen molar-refractivity contribution in [2.75, 3.05) is 0 Å². The molecule has 104 valence electrons. The molecule has 1 aromatic heterocycles. The summed E-state index contributed by atoms with van der Waals surface area (Å²) in [6.45, 7) is 0. The quantitative estimate of drug-likeness (QED) is 0.448.